The molecule has 2 N–H and O–H groups in total. The van der Waals surface area contributed by atoms with Crippen LogP contribution in [0.2, 0.25) is 0 Å². The van der Waals surface area contributed by atoms with Gasteiger partial charge in [0.1, 0.15) is 0 Å². The summed E-state index contributed by atoms with van der Waals surface area (Å²) in [6.07, 6.45) is 2.12. The van der Waals surface area contributed by atoms with Gasteiger partial charge in [-0.3, -0.25) is 9.67 Å². The zero-order chi connectivity index (χ0) is 17.1. The number of nitrogens with zero attached hydrogens (tertiary/aromatic N) is 3. The lowest BCUT2D eigenvalue weighted by Crippen LogP contribution is -2.39. The fourth-order valence-electron chi connectivity index (χ4n) is 2.22. The summed E-state index contributed by atoms with van der Waals surface area (Å²) in [5.74, 6) is 1.52. The summed E-state index contributed by atoms with van der Waals surface area (Å²) in [6, 6.07) is 2.10. The van der Waals surface area contributed by atoms with E-state index in [1.165, 1.54) is 5.69 Å². The van der Waals surface area contributed by atoms with Gasteiger partial charge in [-0.2, -0.15) is 5.10 Å². The number of hydrogen-bond acceptors (Lipinski definition) is 3. The Morgan fingerprint density at radius 3 is 2.54 bits per heavy atom. The fraction of sp³-hybridized carbons (Fsp3) is 0.765. The molecule has 0 aliphatic heterocycles. The van der Waals surface area contributed by atoms with Gasteiger partial charge >= 0.3 is 0 Å². The van der Waals surface area contributed by atoms with E-state index in [2.05, 4.69) is 52.2 Å². The molecular formula is C17H34IN5O. The number of ether oxygens (including phenoxy) is 1. The normalized spacial score (nSPS) is 11.5. The summed E-state index contributed by atoms with van der Waals surface area (Å²) in [6.45, 7) is 12.6. The topological polar surface area (TPSA) is 63.5 Å². The molecule has 0 radical (unpaired) electrons. The minimum absolute atomic E-state index is 0. The van der Waals surface area contributed by atoms with Crippen LogP contribution >= 0.6 is 24.0 Å². The Hall–Kier alpha value is -0.830. The van der Waals surface area contributed by atoms with Crippen LogP contribution in [0.1, 0.15) is 38.1 Å². The van der Waals surface area contributed by atoms with Gasteiger partial charge in [0.2, 0.25) is 0 Å². The predicted molar refractivity (Wildman–Crippen MR) is 111 cm³/mol. The number of aromatic nitrogens is 2. The Morgan fingerprint density at radius 2 is 1.96 bits per heavy atom. The van der Waals surface area contributed by atoms with Crippen LogP contribution in [0.4, 0.5) is 0 Å². The smallest absolute Gasteiger partial charge is 0.191 e. The van der Waals surface area contributed by atoms with Crippen LogP contribution in [0.15, 0.2) is 11.1 Å². The maximum Gasteiger partial charge on any atom is 0.191 e. The van der Waals surface area contributed by atoms with E-state index in [1.54, 1.807) is 7.05 Å². The van der Waals surface area contributed by atoms with Crippen molar-refractivity contribution in [2.24, 2.45) is 10.9 Å². The highest BCUT2D eigenvalue weighted by Gasteiger charge is 2.01. The van der Waals surface area contributed by atoms with Gasteiger partial charge in [0.25, 0.3) is 0 Å². The van der Waals surface area contributed by atoms with Crippen LogP contribution in [0.25, 0.3) is 0 Å². The maximum atomic E-state index is 5.58. The molecular weight excluding hydrogens is 417 g/mol. The van der Waals surface area contributed by atoms with E-state index in [0.29, 0.717) is 12.5 Å². The number of halogens is 1. The van der Waals surface area contributed by atoms with Crippen molar-refractivity contribution < 1.29 is 4.74 Å². The van der Waals surface area contributed by atoms with Crippen molar-refractivity contribution in [3.63, 3.8) is 0 Å². The highest BCUT2D eigenvalue weighted by Crippen LogP contribution is 2.02. The molecule has 1 rings (SSSR count). The molecule has 140 valence electrons. The Bertz CT molecular complexity index is 474. The Morgan fingerprint density at radius 1 is 1.25 bits per heavy atom. The molecule has 1 aromatic rings. The summed E-state index contributed by atoms with van der Waals surface area (Å²) < 4.78 is 7.63. The van der Waals surface area contributed by atoms with E-state index in [9.17, 15) is 0 Å². The molecule has 0 atom stereocenters. The summed E-state index contributed by atoms with van der Waals surface area (Å²) in [5.41, 5.74) is 2.29. The fourth-order valence-corrected chi connectivity index (χ4v) is 2.22. The summed E-state index contributed by atoms with van der Waals surface area (Å²) in [7, 11) is 1.79. The zero-order valence-corrected chi connectivity index (χ0v) is 18.1. The van der Waals surface area contributed by atoms with Crippen molar-refractivity contribution in [2.45, 2.75) is 47.1 Å². The quantitative estimate of drug-likeness (QED) is 0.249. The third kappa shape index (κ3) is 10.1. The number of hydrogen-bond donors (Lipinski definition) is 2. The average molecular weight is 451 g/mol. The molecule has 0 spiro atoms. The van der Waals surface area contributed by atoms with Crippen LogP contribution in [0, 0.1) is 19.8 Å². The molecule has 0 aromatic carbocycles. The van der Waals surface area contributed by atoms with Crippen LogP contribution < -0.4 is 10.6 Å². The van der Waals surface area contributed by atoms with Crippen LogP contribution in [0.5, 0.6) is 0 Å². The number of guanidine groups is 1. The molecule has 0 unspecified atom stereocenters. The van der Waals surface area contributed by atoms with Gasteiger partial charge in [0, 0.05) is 39.0 Å². The number of aliphatic imine (C=N–C) groups is 1. The first kappa shape index (κ1) is 23.2. The van der Waals surface area contributed by atoms with Gasteiger partial charge in [-0.25, -0.2) is 0 Å². The van der Waals surface area contributed by atoms with Gasteiger partial charge in [-0.05, 0) is 38.7 Å². The minimum atomic E-state index is 0. The van der Waals surface area contributed by atoms with Gasteiger partial charge in [-0.1, -0.05) is 13.8 Å². The predicted octanol–water partition coefficient (Wildman–Crippen LogP) is 2.74. The van der Waals surface area contributed by atoms with Crippen molar-refractivity contribution in [1.82, 2.24) is 20.4 Å². The zero-order valence-electron chi connectivity index (χ0n) is 15.8. The van der Waals surface area contributed by atoms with Crippen molar-refractivity contribution in [2.75, 3.05) is 33.4 Å². The lowest BCUT2D eigenvalue weighted by Gasteiger charge is -2.12. The van der Waals surface area contributed by atoms with Crippen molar-refractivity contribution in [3.8, 4) is 0 Å². The molecule has 1 heterocycles. The molecule has 0 saturated carbocycles. The first-order chi connectivity index (χ1) is 11.0. The lowest BCUT2D eigenvalue weighted by atomic mass is 10.1. The van der Waals surface area contributed by atoms with E-state index < -0.39 is 0 Å². The Labute approximate surface area is 163 Å². The standard InChI is InChI=1S/C17H33N5O.HI/c1-14(2)7-11-23-12-9-20-17(18-5)19-8-6-10-22-16(4)13-15(3)21-22;/h13-14H,6-12H2,1-5H3,(H2,18,19,20);1H. The van der Waals surface area contributed by atoms with E-state index in [4.69, 9.17) is 4.74 Å². The molecule has 0 saturated heterocycles. The molecule has 0 bridgehead atoms. The first-order valence-electron chi connectivity index (χ1n) is 8.56. The maximum absolute atomic E-state index is 5.58. The second-order valence-electron chi connectivity index (χ2n) is 6.22. The van der Waals surface area contributed by atoms with E-state index in [1.807, 2.05) is 6.92 Å². The van der Waals surface area contributed by atoms with Gasteiger partial charge in [0.05, 0.1) is 12.3 Å². The second kappa shape index (κ2) is 13.5. The summed E-state index contributed by atoms with van der Waals surface area (Å²) in [5, 5.41) is 11.0. The average Bonchev–Trinajstić information content (AvgIpc) is 2.82. The number of rotatable bonds is 10. The second-order valence-corrected chi connectivity index (χ2v) is 6.22. The van der Waals surface area contributed by atoms with Gasteiger partial charge in [-0.15, -0.1) is 24.0 Å². The lowest BCUT2D eigenvalue weighted by molar-refractivity contribution is 0.128. The van der Waals surface area contributed by atoms with Gasteiger partial charge < -0.3 is 15.4 Å². The van der Waals surface area contributed by atoms with Gasteiger partial charge in [0.15, 0.2) is 5.96 Å². The third-order valence-corrected chi connectivity index (χ3v) is 3.54. The Kier molecular flexibility index (Phi) is 13.0. The van der Waals surface area contributed by atoms with Crippen LogP contribution in [-0.2, 0) is 11.3 Å². The number of nitrogens with one attached hydrogen (secondary N) is 2. The molecule has 0 aliphatic carbocycles. The SMILES string of the molecule is CN=C(NCCCn1nc(C)cc1C)NCCOCCC(C)C.I. The third-order valence-electron chi connectivity index (χ3n) is 3.54. The largest absolute Gasteiger partial charge is 0.380 e. The summed E-state index contributed by atoms with van der Waals surface area (Å²) >= 11 is 0. The molecule has 7 heteroatoms. The molecule has 1 aromatic heterocycles. The van der Waals surface area contributed by atoms with Crippen molar-refractivity contribution in [3.05, 3.63) is 17.5 Å². The van der Waals surface area contributed by atoms with E-state index in [-0.39, 0.29) is 24.0 Å². The first-order valence-corrected chi connectivity index (χ1v) is 8.56. The van der Waals surface area contributed by atoms with Crippen LogP contribution in [0.3, 0.4) is 0 Å². The van der Waals surface area contributed by atoms with E-state index in [0.717, 1.165) is 50.7 Å². The highest BCUT2D eigenvalue weighted by molar-refractivity contribution is 14.0. The monoisotopic (exact) mass is 451 g/mol. The van der Waals surface area contributed by atoms with Crippen molar-refractivity contribution >= 4 is 29.9 Å². The van der Waals surface area contributed by atoms with Crippen molar-refractivity contribution in [1.29, 1.82) is 0 Å². The molecule has 6 nitrogen and oxygen atoms in total. The molecule has 0 amide bonds. The molecule has 24 heavy (non-hydrogen) atoms. The van der Waals surface area contributed by atoms with Crippen LogP contribution in [-0.4, -0.2) is 49.1 Å². The number of aryl methyl sites for hydroxylation is 3. The molecule has 0 aliphatic rings. The highest BCUT2D eigenvalue weighted by atomic mass is 127. The Balaban J connectivity index is 0.00000529. The molecule has 0 fully saturated rings. The minimum Gasteiger partial charge on any atom is -0.380 e. The van der Waals surface area contributed by atoms with E-state index >= 15 is 0 Å². The summed E-state index contributed by atoms with van der Waals surface area (Å²) in [4.78, 5) is 4.22.